The number of hydrogen-bond donors (Lipinski definition) is 0. The average Bonchev–Trinajstić information content (AvgIpc) is 1.78. The molecule has 0 bridgehead atoms. The lowest BCUT2D eigenvalue weighted by molar-refractivity contribution is 0.0679. The van der Waals surface area contributed by atoms with Crippen molar-refractivity contribution >= 4 is 16.6 Å². The minimum atomic E-state index is -1.42. The molecule has 0 aromatic heterocycles. The molecule has 0 aromatic carbocycles. The van der Waals surface area contributed by atoms with E-state index in [1.54, 1.807) is 0 Å². The van der Waals surface area contributed by atoms with Crippen LogP contribution in [0, 0.1) is 0 Å². The molecule has 0 aliphatic heterocycles. The molecule has 14 heavy (non-hydrogen) atoms. The van der Waals surface area contributed by atoms with E-state index in [1.807, 2.05) is 0 Å². The second-order valence-corrected chi connectivity index (χ2v) is 14.8. The van der Waals surface area contributed by atoms with E-state index in [9.17, 15) is 0 Å². The van der Waals surface area contributed by atoms with Crippen molar-refractivity contribution in [2.24, 2.45) is 0 Å². The largest absolute Gasteiger partial charge is 0.412 e. The molecule has 0 aliphatic carbocycles. The van der Waals surface area contributed by atoms with E-state index in [-0.39, 0.29) is 12.2 Å². The summed E-state index contributed by atoms with van der Waals surface area (Å²) in [5.41, 5.74) is 0. The first-order valence-corrected chi connectivity index (χ1v) is 12.2. The van der Waals surface area contributed by atoms with Crippen LogP contribution in [0.25, 0.3) is 0 Å². The Kier molecular flexibility index (Phi) is 5.04. The summed E-state index contributed by atoms with van der Waals surface area (Å²) in [7, 11) is -2.85. The second-order valence-electron chi connectivity index (χ2n) is 5.87. The Morgan fingerprint density at radius 3 is 1.00 bits per heavy atom. The van der Waals surface area contributed by atoms with E-state index in [4.69, 9.17) is 8.85 Å². The lowest BCUT2D eigenvalue weighted by Crippen LogP contribution is -2.41. The monoisotopic (exact) mass is 234 g/mol. The summed E-state index contributed by atoms with van der Waals surface area (Å²) in [5.74, 6) is 0. The van der Waals surface area contributed by atoms with E-state index in [0.717, 1.165) is 0 Å². The molecular weight excluding hydrogens is 208 g/mol. The van der Waals surface area contributed by atoms with Gasteiger partial charge in [0, 0.05) is 0 Å². The third-order valence-electron chi connectivity index (χ3n) is 1.74. The topological polar surface area (TPSA) is 18.5 Å². The Bertz CT molecular complexity index is 150. The van der Waals surface area contributed by atoms with Crippen LogP contribution in [0.5, 0.6) is 0 Å². The summed E-state index contributed by atoms with van der Waals surface area (Å²) in [6, 6.07) is 0. The van der Waals surface area contributed by atoms with Crippen molar-refractivity contribution in [2.45, 2.75) is 65.3 Å². The Balaban J connectivity index is 4.07. The first-order valence-electron chi connectivity index (χ1n) is 5.37. The van der Waals surface area contributed by atoms with E-state index in [1.165, 1.54) is 0 Å². The van der Waals surface area contributed by atoms with Crippen molar-refractivity contribution in [1.82, 2.24) is 0 Å². The van der Waals surface area contributed by atoms with Crippen LogP contribution in [-0.2, 0) is 8.85 Å². The minimum Gasteiger partial charge on any atom is -0.412 e. The molecule has 4 heteroatoms. The highest BCUT2D eigenvalue weighted by molar-refractivity contribution is 6.70. The van der Waals surface area contributed by atoms with Gasteiger partial charge in [-0.15, -0.1) is 0 Å². The van der Waals surface area contributed by atoms with Crippen molar-refractivity contribution in [3.63, 3.8) is 0 Å². The molecule has 0 fully saturated rings. The van der Waals surface area contributed by atoms with Gasteiger partial charge >= 0.3 is 0 Å². The van der Waals surface area contributed by atoms with Gasteiger partial charge in [-0.1, -0.05) is 0 Å². The van der Waals surface area contributed by atoms with Crippen LogP contribution in [0.2, 0.25) is 39.3 Å². The van der Waals surface area contributed by atoms with Crippen molar-refractivity contribution in [1.29, 1.82) is 0 Å². The predicted octanol–water partition coefficient (Wildman–Crippen LogP) is 3.47. The maximum atomic E-state index is 5.98. The summed E-state index contributed by atoms with van der Waals surface area (Å²) >= 11 is 0. The normalized spacial score (nSPS) is 18.0. The third kappa shape index (κ3) is 7.73. The van der Waals surface area contributed by atoms with E-state index < -0.39 is 16.6 Å². The molecule has 0 spiro atoms. The summed E-state index contributed by atoms with van der Waals surface area (Å²) in [4.78, 5) is 0. The molecule has 0 aromatic rings. The highest BCUT2D eigenvalue weighted by atomic mass is 28.4. The van der Waals surface area contributed by atoms with Crippen LogP contribution < -0.4 is 0 Å². The van der Waals surface area contributed by atoms with Gasteiger partial charge in [0.05, 0.1) is 12.2 Å². The highest BCUT2D eigenvalue weighted by Crippen LogP contribution is 2.15. The first kappa shape index (κ1) is 14.4. The Hall–Kier alpha value is 0.354. The van der Waals surface area contributed by atoms with Crippen molar-refractivity contribution in [3.05, 3.63) is 0 Å². The van der Waals surface area contributed by atoms with Crippen LogP contribution in [0.1, 0.15) is 13.8 Å². The molecule has 0 rings (SSSR count). The molecule has 86 valence electrons. The van der Waals surface area contributed by atoms with Crippen molar-refractivity contribution in [2.75, 3.05) is 0 Å². The summed E-state index contributed by atoms with van der Waals surface area (Å²) in [6.07, 6.45) is 0.432. The summed E-state index contributed by atoms with van der Waals surface area (Å²) < 4.78 is 12.0. The smallest absolute Gasteiger partial charge is 0.184 e. The number of rotatable bonds is 5. The fraction of sp³-hybridized carbons (Fsp3) is 1.00. The maximum Gasteiger partial charge on any atom is 0.184 e. The molecule has 0 N–H and O–H groups in total. The molecular formula is C10H26O2Si2. The quantitative estimate of drug-likeness (QED) is 0.678. The van der Waals surface area contributed by atoms with Gasteiger partial charge in [0.2, 0.25) is 0 Å². The summed E-state index contributed by atoms with van der Waals surface area (Å²) in [5, 5.41) is 0. The van der Waals surface area contributed by atoms with Crippen LogP contribution >= 0.6 is 0 Å². The lowest BCUT2D eigenvalue weighted by Gasteiger charge is -2.32. The van der Waals surface area contributed by atoms with Gasteiger partial charge in [0.15, 0.2) is 16.6 Å². The zero-order valence-electron chi connectivity index (χ0n) is 11.0. The zero-order chi connectivity index (χ0) is 11.6. The van der Waals surface area contributed by atoms with Crippen molar-refractivity contribution in [3.8, 4) is 0 Å². The van der Waals surface area contributed by atoms with E-state index in [2.05, 4.69) is 53.1 Å². The summed E-state index contributed by atoms with van der Waals surface area (Å²) in [6.45, 7) is 17.5. The second kappa shape index (κ2) is 4.92. The van der Waals surface area contributed by atoms with Gasteiger partial charge in [0.1, 0.15) is 0 Å². The average molecular weight is 234 g/mol. The third-order valence-corrected chi connectivity index (χ3v) is 3.90. The molecule has 0 heterocycles. The fourth-order valence-electron chi connectivity index (χ4n) is 1.31. The zero-order valence-corrected chi connectivity index (χ0v) is 13.0. The van der Waals surface area contributed by atoms with Crippen LogP contribution in [0.3, 0.4) is 0 Å². The van der Waals surface area contributed by atoms with Gasteiger partial charge < -0.3 is 8.85 Å². The molecule has 0 aliphatic rings. The van der Waals surface area contributed by atoms with E-state index in [0.29, 0.717) is 0 Å². The Morgan fingerprint density at radius 1 is 0.643 bits per heavy atom. The van der Waals surface area contributed by atoms with Gasteiger partial charge in [-0.3, -0.25) is 0 Å². The maximum absolute atomic E-state index is 5.98. The number of hydrogen-bond acceptors (Lipinski definition) is 2. The molecule has 0 amide bonds. The van der Waals surface area contributed by atoms with Gasteiger partial charge in [0.25, 0.3) is 0 Å². The Labute approximate surface area is 91.3 Å². The van der Waals surface area contributed by atoms with Gasteiger partial charge in [-0.2, -0.15) is 0 Å². The molecule has 0 saturated carbocycles. The molecule has 2 atom stereocenters. The highest BCUT2D eigenvalue weighted by Gasteiger charge is 2.26. The van der Waals surface area contributed by atoms with Crippen LogP contribution in [-0.4, -0.2) is 28.8 Å². The standard InChI is InChI=1S/C10H26O2Si2/c1-9(11-13(3,4)5)10(2)12-14(6,7)8/h9-10H,1-8H3/t9-,10-/m0/s1. The minimum absolute atomic E-state index is 0.216. The Morgan fingerprint density at radius 2 is 0.857 bits per heavy atom. The molecule has 0 radical (unpaired) electrons. The SMILES string of the molecule is C[C@H](O[Si](C)(C)C)[C@H](C)O[Si](C)(C)C. The molecule has 0 unspecified atom stereocenters. The van der Waals surface area contributed by atoms with Crippen LogP contribution in [0.15, 0.2) is 0 Å². The molecule has 2 nitrogen and oxygen atoms in total. The van der Waals surface area contributed by atoms with E-state index >= 15 is 0 Å². The first-order chi connectivity index (χ1) is 6.01. The lowest BCUT2D eigenvalue weighted by atomic mass is 10.3. The van der Waals surface area contributed by atoms with Gasteiger partial charge in [-0.05, 0) is 53.1 Å². The fourth-order valence-corrected chi connectivity index (χ4v) is 3.92. The predicted molar refractivity (Wildman–Crippen MR) is 67.8 cm³/mol. The van der Waals surface area contributed by atoms with Crippen LogP contribution in [0.4, 0.5) is 0 Å². The molecule has 0 saturated heterocycles. The van der Waals surface area contributed by atoms with Crippen molar-refractivity contribution < 1.29 is 8.85 Å². The van der Waals surface area contributed by atoms with Gasteiger partial charge in [-0.25, -0.2) is 0 Å².